The van der Waals surface area contributed by atoms with Gasteiger partial charge in [0.1, 0.15) is 0 Å². The summed E-state index contributed by atoms with van der Waals surface area (Å²) in [6.07, 6.45) is 6.38. The van der Waals surface area contributed by atoms with Crippen molar-refractivity contribution < 1.29 is 4.79 Å². The van der Waals surface area contributed by atoms with E-state index in [1.165, 1.54) is 32.1 Å². The van der Waals surface area contributed by atoms with Gasteiger partial charge in [0.15, 0.2) is 0 Å². The van der Waals surface area contributed by atoms with Gasteiger partial charge in [0, 0.05) is 49.5 Å². The van der Waals surface area contributed by atoms with Gasteiger partial charge >= 0.3 is 0 Å². The molecule has 1 heterocycles. The van der Waals surface area contributed by atoms with E-state index in [1.807, 2.05) is 36.4 Å². The van der Waals surface area contributed by atoms with Crippen LogP contribution >= 0.6 is 23.2 Å². The first-order valence-corrected chi connectivity index (χ1v) is 11.6. The van der Waals surface area contributed by atoms with Gasteiger partial charge in [-0.3, -0.25) is 4.79 Å². The van der Waals surface area contributed by atoms with Crippen molar-refractivity contribution in [3.05, 3.63) is 70.2 Å². The van der Waals surface area contributed by atoms with Gasteiger partial charge in [-0.1, -0.05) is 66.7 Å². The molecule has 0 unspecified atom stereocenters. The molecule has 1 aromatic heterocycles. The number of halogens is 2. The minimum absolute atomic E-state index is 0.402. The molecule has 1 amide bonds. The third kappa shape index (κ3) is 3.60. The second kappa shape index (κ2) is 8.22. The zero-order valence-electron chi connectivity index (χ0n) is 17.2. The Hall–Kier alpha value is -2.49. The molecule has 1 fully saturated rings. The molecule has 0 bridgehead atoms. The molecule has 4 aromatic rings. The number of fused-ring (bicyclic) bond motifs is 3. The lowest BCUT2D eigenvalue weighted by atomic mass is 9.89. The number of aromatic nitrogens is 1. The van der Waals surface area contributed by atoms with E-state index in [0.29, 0.717) is 21.5 Å². The van der Waals surface area contributed by atoms with Crippen LogP contribution in [0.25, 0.3) is 32.9 Å². The summed E-state index contributed by atoms with van der Waals surface area (Å²) in [5.41, 5.74) is 10.2. The number of nitrogens with two attached hydrogens (primary N) is 1. The highest BCUT2D eigenvalue weighted by atomic mass is 35.5. The molecule has 5 heteroatoms. The number of hydrogen-bond acceptors (Lipinski definition) is 1. The fraction of sp³-hybridized carbons (Fsp3) is 0.269. The molecular weight excluding hydrogens is 427 g/mol. The van der Waals surface area contributed by atoms with Crippen molar-refractivity contribution in [2.75, 3.05) is 0 Å². The number of carbonyl (C=O) groups is 1. The summed E-state index contributed by atoms with van der Waals surface area (Å²) in [5, 5.41) is 3.21. The van der Waals surface area contributed by atoms with Crippen molar-refractivity contribution in [2.24, 2.45) is 11.7 Å². The molecule has 0 radical (unpaired) electrons. The van der Waals surface area contributed by atoms with E-state index in [2.05, 4.69) is 22.8 Å². The van der Waals surface area contributed by atoms with E-state index in [4.69, 9.17) is 28.9 Å². The van der Waals surface area contributed by atoms with Crippen molar-refractivity contribution in [3.63, 3.8) is 0 Å². The number of nitrogens with zero attached hydrogens (tertiary/aromatic N) is 1. The number of carbonyl (C=O) groups excluding carboxylic acids is 1. The lowest BCUT2D eigenvalue weighted by Gasteiger charge is -2.23. The van der Waals surface area contributed by atoms with Gasteiger partial charge in [0.2, 0.25) is 5.91 Å². The summed E-state index contributed by atoms with van der Waals surface area (Å²) in [5.74, 6) is 0.234. The standard InChI is InChI=1S/C26H24Cl2N2O/c27-20-9-5-10-21(28)24(20)17-12-13-18-23(14-17)30(15-16-6-2-1-3-7-16)22-11-4-8-19(25(18)22)26(29)31/h4-5,8-14,16H,1-3,6-7,15H2,(H2,29,31). The Labute approximate surface area is 191 Å². The fourth-order valence-corrected chi connectivity index (χ4v) is 5.72. The highest BCUT2D eigenvalue weighted by Gasteiger charge is 2.21. The van der Waals surface area contributed by atoms with Crippen LogP contribution in [0.1, 0.15) is 42.5 Å². The minimum atomic E-state index is -0.402. The predicted molar refractivity (Wildman–Crippen MR) is 130 cm³/mol. The molecule has 1 aliphatic rings. The molecule has 0 saturated heterocycles. The molecule has 3 nitrogen and oxygen atoms in total. The van der Waals surface area contributed by atoms with Crippen molar-refractivity contribution in [1.29, 1.82) is 0 Å². The van der Waals surface area contributed by atoms with Gasteiger partial charge in [-0.15, -0.1) is 0 Å². The smallest absolute Gasteiger partial charge is 0.249 e. The minimum Gasteiger partial charge on any atom is -0.366 e. The van der Waals surface area contributed by atoms with Crippen molar-refractivity contribution in [1.82, 2.24) is 4.57 Å². The van der Waals surface area contributed by atoms with Crippen LogP contribution in [0.4, 0.5) is 0 Å². The van der Waals surface area contributed by atoms with Crippen LogP contribution in [0.5, 0.6) is 0 Å². The Balaban J connectivity index is 1.78. The lowest BCUT2D eigenvalue weighted by Crippen LogP contribution is -2.14. The van der Waals surface area contributed by atoms with E-state index in [9.17, 15) is 4.79 Å². The zero-order valence-corrected chi connectivity index (χ0v) is 18.7. The summed E-state index contributed by atoms with van der Waals surface area (Å²) >= 11 is 13.0. The van der Waals surface area contributed by atoms with Gasteiger partial charge in [-0.25, -0.2) is 0 Å². The van der Waals surface area contributed by atoms with Crippen LogP contribution in [0, 0.1) is 5.92 Å². The fourth-order valence-electron chi connectivity index (χ4n) is 5.10. The third-order valence-electron chi connectivity index (χ3n) is 6.57. The monoisotopic (exact) mass is 450 g/mol. The van der Waals surface area contributed by atoms with Crippen LogP contribution < -0.4 is 5.73 Å². The first-order valence-electron chi connectivity index (χ1n) is 10.8. The average Bonchev–Trinajstić information content (AvgIpc) is 3.07. The summed E-state index contributed by atoms with van der Waals surface area (Å²) < 4.78 is 2.36. The molecular formula is C26H24Cl2N2O. The first kappa shape index (κ1) is 20.4. The van der Waals surface area contributed by atoms with E-state index in [1.54, 1.807) is 0 Å². The molecule has 1 saturated carbocycles. The van der Waals surface area contributed by atoms with E-state index < -0.39 is 5.91 Å². The molecule has 2 N–H and O–H groups in total. The Morgan fingerprint density at radius 3 is 2.35 bits per heavy atom. The predicted octanol–water partition coefficient (Wildman–Crippen LogP) is 7.45. The van der Waals surface area contributed by atoms with E-state index in [-0.39, 0.29) is 0 Å². The summed E-state index contributed by atoms with van der Waals surface area (Å²) in [7, 11) is 0. The second-order valence-electron chi connectivity index (χ2n) is 8.51. The van der Waals surface area contributed by atoms with Crippen LogP contribution in [0.2, 0.25) is 10.0 Å². The number of hydrogen-bond donors (Lipinski definition) is 1. The molecule has 0 spiro atoms. The van der Waals surface area contributed by atoms with Gasteiger partial charge in [-0.2, -0.15) is 0 Å². The molecule has 5 rings (SSSR count). The Kier molecular flexibility index (Phi) is 5.41. The number of benzene rings is 3. The van der Waals surface area contributed by atoms with Gasteiger partial charge in [-0.05, 0) is 54.7 Å². The highest BCUT2D eigenvalue weighted by molar-refractivity contribution is 6.39. The van der Waals surface area contributed by atoms with Crippen molar-refractivity contribution in [2.45, 2.75) is 38.6 Å². The average molecular weight is 451 g/mol. The number of primary amides is 1. The van der Waals surface area contributed by atoms with Crippen LogP contribution in [0.15, 0.2) is 54.6 Å². The van der Waals surface area contributed by atoms with E-state index >= 15 is 0 Å². The van der Waals surface area contributed by atoms with Crippen LogP contribution in [-0.4, -0.2) is 10.5 Å². The summed E-state index contributed by atoms with van der Waals surface area (Å²) in [6, 6.07) is 17.6. The lowest BCUT2D eigenvalue weighted by molar-refractivity contribution is 0.100. The first-order chi connectivity index (χ1) is 15.0. The van der Waals surface area contributed by atoms with Crippen molar-refractivity contribution in [3.8, 4) is 11.1 Å². The van der Waals surface area contributed by atoms with Crippen LogP contribution in [0.3, 0.4) is 0 Å². The number of rotatable bonds is 4. The Bertz CT molecular complexity index is 1280. The second-order valence-corrected chi connectivity index (χ2v) is 9.32. The normalized spacial score (nSPS) is 15.0. The summed E-state index contributed by atoms with van der Waals surface area (Å²) in [4.78, 5) is 12.2. The maximum absolute atomic E-state index is 12.2. The van der Waals surface area contributed by atoms with Gasteiger partial charge < -0.3 is 10.3 Å². The molecule has 158 valence electrons. The quantitative estimate of drug-likeness (QED) is 0.344. The molecule has 0 aliphatic heterocycles. The molecule has 3 aromatic carbocycles. The largest absolute Gasteiger partial charge is 0.366 e. The third-order valence-corrected chi connectivity index (χ3v) is 7.20. The van der Waals surface area contributed by atoms with Gasteiger partial charge in [0.25, 0.3) is 0 Å². The maximum Gasteiger partial charge on any atom is 0.249 e. The zero-order chi connectivity index (χ0) is 21.5. The Morgan fingerprint density at radius 1 is 0.935 bits per heavy atom. The topological polar surface area (TPSA) is 48.0 Å². The summed E-state index contributed by atoms with van der Waals surface area (Å²) in [6.45, 7) is 0.932. The number of amides is 1. The Morgan fingerprint density at radius 2 is 1.65 bits per heavy atom. The highest BCUT2D eigenvalue weighted by Crippen LogP contribution is 2.39. The molecule has 31 heavy (non-hydrogen) atoms. The molecule has 1 aliphatic carbocycles. The molecule has 0 atom stereocenters. The maximum atomic E-state index is 12.2. The van der Waals surface area contributed by atoms with Crippen LogP contribution in [-0.2, 0) is 6.54 Å². The van der Waals surface area contributed by atoms with E-state index in [0.717, 1.165) is 39.5 Å². The van der Waals surface area contributed by atoms with Gasteiger partial charge in [0.05, 0.1) is 0 Å². The van der Waals surface area contributed by atoms with Crippen molar-refractivity contribution >= 4 is 50.9 Å². The SMILES string of the molecule is NC(=O)c1cccc2c1c1ccc(-c3c(Cl)cccc3Cl)cc1n2CC1CCCCC1.